The van der Waals surface area contributed by atoms with Crippen LogP contribution in [0.5, 0.6) is 0 Å². The Labute approximate surface area is 187 Å². The molecule has 0 atom stereocenters. The van der Waals surface area contributed by atoms with Crippen molar-refractivity contribution in [3.05, 3.63) is 0 Å². The lowest BCUT2D eigenvalue weighted by Crippen LogP contribution is -2.42. The number of hydrogen-bond acceptors (Lipinski definition) is 6. The summed E-state index contributed by atoms with van der Waals surface area (Å²) < 4.78 is 0. The Balaban J connectivity index is 2.29. The average Bonchev–Trinajstić information content (AvgIpc) is 2.74. The lowest BCUT2D eigenvalue weighted by Gasteiger charge is -2.25. The monoisotopic (exact) mass is 426 g/mol. The summed E-state index contributed by atoms with van der Waals surface area (Å²) in [7, 11) is 0. The Hall–Kier alpha value is -0.240. The van der Waals surface area contributed by atoms with Gasteiger partial charge in [0.15, 0.2) is 0 Å². The van der Waals surface area contributed by atoms with Crippen molar-refractivity contribution >= 4 is 0 Å². The van der Waals surface area contributed by atoms with Gasteiger partial charge in [-0.25, -0.2) is 0 Å². The van der Waals surface area contributed by atoms with E-state index in [9.17, 15) is 0 Å². The molecule has 1 aliphatic rings. The summed E-state index contributed by atoms with van der Waals surface area (Å²) in [6.07, 6.45) is 17.7. The van der Waals surface area contributed by atoms with Gasteiger partial charge in [-0.15, -0.1) is 0 Å². The van der Waals surface area contributed by atoms with Gasteiger partial charge in [0.25, 0.3) is 0 Å². The van der Waals surface area contributed by atoms with Crippen molar-refractivity contribution in [3.8, 4) is 0 Å². The molecule has 0 radical (unpaired) electrons. The second kappa shape index (κ2) is 22.0. The van der Waals surface area contributed by atoms with E-state index in [0.717, 1.165) is 84.3 Å². The second-order valence-electron chi connectivity index (χ2n) is 9.04. The van der Waals surface area contributed by atoms with Gasteiger partial charge in [0.05, 0.1) is 0 Å². The van der Waals surface area contributed by atoms with E-state index in [1.54, 1.807) is 0 Å². The fourth-order valence-electron chi connectivity index (χ4n) is 4.31. The van der Waals surface area contributed by atoms with Crippen molar-refractivity contribution < 1.29 is 0 Å². The van der Waals surface area contributed by atoms with Crippen LogP contribution in [0.2, 0.25) is 0 Å². The van der Waals surface area contributed by atoms with E-state index in [0.29, 0.717) is 0 Å². The zero-order chi connectivity index (χ0) is 21.5. The SMILES string of the molecule is NCCCNCCN(CCNCCCN)CCNC1CCCCCCCCCCC1. The summed E-state index contributed by atoms with van der Waals surface area (Å²) in [5.41, 5.74) is 11.2. The van der Waals surface area contributed by atoms with Gasteiger partial charge in [-0.2, -0.15) is 0 Å². The molecule has 0 amide bonds. The van der Waals surface area contributed by atoms with Gasteiger partial charge < -0.3 is 27.4 Å². The Morgan fingerprint density at radius 2 is 1.00 bits per heavy atom. The van der Waals surface area contributed by atoms with Crippen LogP contribution in [0.3, 0.4) is 0 Å². The van der Waals surface area contributed by atoms with E-state index in [2.05, 4.69) is 20.9 Å². The summed E-state index contributed by atoms with van der Waals surface area (Å²) in [6.45, 7) is 10.1. The minimum Gasteiger partial charge on any atom is -0.330 e. The van der Waals surface area contributed by atoms with E-state index in [1.165, 1.54) is 70.6 Å². The molecule has 1 aliphatic carbocycles. The number of nitrogens with two attached hydrogens (primary N) is 2. The molecule has 0 aromatic carbocycles. The van der Waals surface area contributed by atoms with Crippen LogP contribution in [0.1, 0.15) is 83.5 Å². The van der Waals surface area contributed by atoms with Gasteiger partial charge in [-0.1, -0.05) is 57.8 Å². The van der Waals surface area contributed by atoms with Crippen LogP contribution < -0.4 is 27.4 Å². The molecule has 0 spiro atoms. The molecule has 1 saturated carbocycles. The van der Waals surface area contributed by atoms with Crippen molar-refractivity contribution in [2.75, 3.05) is 65.4 Å². The normalized spacial score (nSPS) is 17.7. The summed E-state index contributed by atoms with van der Waals surface area (Å²) >= 11 is 0. The quantitative estimate of drug-likeness (QED) is 0.244. The predicted octanol–water partition coefficient (Wildman–Crippen LogP) is 2.43. The highest BCUT2D eigenvalue weighted by molar-refractivity contribution is 4.71. The third-order valence-corrected chi connectivity index (χ3v) is 6.29. The maximum absolute atomic E-state index is 5.59. The molecule has 0 aromatic heterocycles. The van der Waals surface area contributed by atoms with Crippen molar-refractivity contribution in [3.63, 3.8) is 0 Å². The Morgan fingerprint density at radius 1 is 0.567 bits per heavy atom. The zero-order valence-electron chi connectivity index (χ0n) is 19.9. The number of rotatable bonds is 16. The highest BCUT2D eigenvalue weighted by Gasteiger charge is 2.10. The van der Waals surface area contributed by atoms with Gasteiger partial charge in [0, 0.05) is 45.3 Å². The highest BCUT2D eigenvalue weighted by Crippen LogP contribution is 2.16. The van der Waals surface area contributed by atoms with Crippen LogP contribution in [0.4, 0.5) is 0 Å². The number of hydrogen-bond donors (Lipinski definition) is 5. The van der Waals surface area contributed by atoms with Crippen LogP contribution in [0.15, 0.2) is 0 Å². The molecular formula is C24H54N6. The van der Waals surface area contributed by atoms with E-state index >= 15 is 0 Å². The maximum atomic E-state index is 5.59. The lowest BCUT2D eigenvalue weighted by atomic mass is 9.98. The summed E-state index contributed by atoms with van der Waals surface area (Å²) in [5.74, 6) is 0. The second-order valence-corrected chi connectivity index (χ2v) is 9.04. The molecule has 0 aliphatic heterocycles. The molecule has 180 valence electrons. The van der Waals surface area contributed by atoms with Gasteiger partial charge in [-0.05, 0) is 51.9 Å². The third kappa shape index (κ3) is 17.4. The van der Waals surface area contributed by atoms with Crippen LogP contribution >= 0.6 is 0 Å². The smallest absolute Gasteiger partial charge is 0.0108 e. The fourth-order valence-corrected chi connectivity index (χ4v) is 4.31. The van der Waals surface area contributed by atoms with Crippen molar-refractivity contribution in [2.45, 2.75) is 89.5 Å². The fraction of sp³-hybridized carbons (Fsp3) is 1.00. The first-order valence-corrected chi connectivity index (χ1v) is 13.1. The van der Waals surface area contributed by atoms with Crippen molar-refractivity contribution in [1.29, 1.82) is 0 Å². The Kier molecular flexibility index (Phi) is 20.4. The third-order valence-electron chi connectivity index (χ3n) is 6.29. The minimum atomic E-state index is 0.719. The lowest BCUT2D eigenvalue weighted by molar-refractivity contribution is 0.263. The molecule has 6 nitrogen and oxygen atoms in total. The Bertz CT molecular complexity index is 316. The minimum absolute atomic E-state index is 0.719. The first-order chi connectivity index (χ1) is 14.9. The van der Waals surface area contributed by atoms with Gasteiger partial charge in [0.1, 0.15) is 0 Å². The van der Waals surface area contributed by atoms with Crippen LogP contribution in [0.25, 0.3) is 0 Å². The zero-order valence-corrected chi connectivity index (χ0v) is 19.9. The molecule has 0 aromatic rings. The Morgan fingerprint density at radius 3 is 1.47 bits per heavy atom. The average molecular weight is 427 g/mol. The molecular weight excluding hydrogens is 372 g/mol. The molecule has 0 saturated heterocycles. The van der Waals surface area contributed by atoms with Crippen LogP contribution in [-0.4, -0.2) is 76.4 Å². The molecule has 0 bridgehead atoms. The van der Waals surface area contributed by atoms with E-state index < -0.39 is 0 Å². The molecule has 7 N–H and O–H groups in total. The molecule has 1 rings (SSSR count). The van der Waals surface area contributed by atoms with E-state index in [-0.39, 0.29) is 0 Å². The van der Waals surface area contributed by atoms with E-state index in [4.69, 9.17) is 11.5 Å². The van der Waals surface area contributed by atoms with Crippen LogP contribution in [-0.2, 0) is 0 Å². The predicted molar refractivity (Wildman–Crippen MR) is 132 cm³/mol. The summed E-state index contributed by atoms with van der Waals surface area (Å²) in [5, 5.41) is 11.0. The molecule has 0 unspecified atom stereocenters. The van der Waals surface area contributed by atoms with Gasteiger partial charge in [-0.3, -0.25) is 4.90 Å². The van der Waals surface area contributed by atoms with Crippen molar-refractivity contribution in [2.24, 2.45) is 11.5 Å². The standard InChI is InChI=1S/C24H54N6/c25-14-10-16-27-18-21-30(22-19-28-17-11-15-26)23-20-29-24-12-8-6-4-2-1-3-5-7-9-13-24/h24,27-29H,1-23,25-26H2. The number of nitrogens with one attached hydrogen (secondary N) is 3. The topological polar surface area (TPSA) is 91.4 Å². The summed E-state index contributed by atoms with van der Waals surface area (Å²) in [4.78, 5) is 2.59. The first-order valence-electron chi connectivity index (χ1n) is 13.1. The molecule has 30 heavy (non-hydrogen) atoms. The summed E-state index contributed by atoms with van der Waals surface area (Å²) in [6, 6.07) is 0.719. The molecule has 0 heterocycles. The van der Waals surface area contributed by atoms with Crippen molar-refractivity contribution in [1.82, 2.24) is 20.9 Å². The van der Waals surface area contributed by atoms with Crippen LogP contribution in [0, 0.1) is 0 Å². The van der Waals surface area contributed by atoms with Gasteiger partial charge in [0.2, 0.25) is 0 Å². The highest BCUT2D eigenvalue weighted by atomic mass is 15.2. The maximum Gasteiger partial charge on any atom is 0.0108 e. The number of nitrogens with zero attached hydrogens (tertiary/aromatic N) is 1. The van der Waals surface area contributed by atoms with E-state index in [1.807, 2.05) is 0 Å². The largest absolute Gasteiger partial charge is 0.330 e. The van der Waals surface area contributed by atoms with Gasteiger partial charge >= 0.3 is 0 Å². The molecule has 6 heteroatoms. The first kappa shape index (κ1) is 27.8. The molecule has 1 fully saturated rings.